The van der Waals surface area contributed by atoms with Crippen molar-refractivity contribution in [2.75, 3.05) is 25.0 Å². The summed E-state index contributed by atoms with van der Waals surface area (Å²) in [5, 5.41) is 9.32. The number of nitrogens with one attached hydrogen (secondary N) is 3. The third kappa shape index (κ3) is 5.17. The monoisotopic (exact) mass is 413 g/mol. The molecule has 0 aromatic heterocycles. The van der Waals surface area contributed by atoms with Gasteiger partial charge in [0.2, 0.25) is 5.91 Å². The van der Waals surface area contributed by atoms with Crippen molar-refractivity contribution in [1.82, 2.24) is 10.6 Å². The summed E-state index contributed by atoms with van der Waals surface area (Å²) < 4.78 is 0. The molecule has 29 heavy (non-hydrogen) atoms. The van der Waals surface area contributed by atoms with Gasteiger partial charge in [0.15, 0.2) is 0 Å². The highest BCUT2D eigenvalue weighted by atomic mass is 35.5. The highest BCUT2D eigenvalue weighted by Crippen LogP contribution is 2.58. The number of carbonyl (C=O) groups is 2. The molecule has 1 saturated heterocycles. The van der Waals surface area contributed by atoms with Crippen LogP contribution in [0.25, 0.3) is 0 Å². The fourth-order valence-electron chi connectivity index (χ4n) is 4.20. The van der Waals surface area contributed by atoms with Crippen LogP contribution in [-0.2, 0) is 11.2 Å². The molecular formula is C23H28ClN3O2. The second-order valence-corrected chi connectivity index (χ2v) is 7.93. The fourth-order valence-corrected chi connectivity index (χ4v) is 4.20. The number of anilines is 1. The summed E-state index contributed by atoms with van der Waals surface area (Å²) in [5.41, 5.74) is 2.79. The first kappa shape index (κ1) is 21.3. The van der Waals surface area contributed by atoms with Crippen LogP contribution in [-0.4, -0.2) is 31.4 Å². The second kappa shape index (κ2) is 9.42. The molecule has 2 aliphatic rings. The Morgan fingerprint density at radius 1 is 1.00 bits per heavy atom. The maximum absolute atomic E-state index is 12.5. The minimum Gasteiger partial charge on any atom is -0.352 e. The van der Waals surface area contributed by atoms with Gasteiger partial charge in [-0.15, -0.1) is 12.4 Å². The van der Waals surface area contributed by atoms with Gasteiger partial charge in [0.05, 0.1) is 0 Å². The lowest BCUT2D eigenvalue weighted by molar-refractivity contribution is -0.118. The van der Waals surface area contributed by atoms with E-state index in [0.717, 1.165) is 44.5 Å². The SMILES string of the molecule is Cl.O=C(NCCc1ccccc1)c1ccc(NC(=O)C2CC23CCNCC3)cc1. The largest absolute Gasteiger partial charge is 0.352 e. The molecule has 1 aliphatic carbocycles. The number of piperidine rings is 1. The van der Waals surface area contributed by atoms with E-state index in [0.29, 0.717) is 12.1 Å². The smallest absolute Gasteiger partial charge is 0.251 e. The average molecular weight is 414 g/mol. The average Bonchev–Trinajstić information content (AvgIpc) is 3.42. The number of rotatable bonds is 6. The van der Waals surface area contributed by atoms with Gasteiger partial charge < -0.3 is 16.0 Å². The van der Waals surface area contributed by atoms with E-state index in [1.807, 2.05) is 30.3 Å². The van der Waals surface area contributed by atoms with E-state index in [-0.39, 0.29) is 35.6 Å². The molecule has 1 spiro atoms. The summed E-state index contributed by atoms with van der Waals surface area (Å²) in [6, 6.07) is 17.2. The van der Waals surface area contributed by atoms with Crippen LogP contribution in [0.2, 0.25) is 0 Å². The first-order chi connectivity index (χ1) is 13.7. The molecule has 1 unspecified atom stereocenters. The number of amides is 2. The topological polar surface area (TPSA) is 70.2 Å². The lowest BCUT2D eigenvalue weighted by Crippen LogP contribution is -2.31. The third-order valence-corrected chi connectivity index (χ3v) is 6.06. The molecule has 5 nitrogen and oxygen atoms in total. The summed E-state index contributed by atoms with van der Waals surface area (Å²) in [5.74, 6) is 0.155. The standard InChI is InChI=1S/C23H27N3O2.ClH/c27-21(25-13-10-17-4-2-1-3-5-17)18-6-8-19(9-7-18)26-22(28)20-16-23(20)11-14-24-15-12-23;/h1-9,20,24H,10-16H2,(H,25,27)(H,26,28);1H. The minimum atomic E-state index is -0.0929. The molecule has 2 aromatic rings. The fraction of sp³-hybridized carbons (Fsp3) is 0.391. The number of benzene rings is 2. The van der Waals surface area contributed by atoms with Gasteiger partial charge in [-0.2, -0.15) is 0 Å². The lowest BCUT2D eigenvalue weighted by atomic mass is 9.92. The Morgan fingerprint density at radius 2 is 1.69 bits per heavy atom. The van der Waals surface area contributed by atoms with Gasteiger partial charge in [0, 0.05) is 23.7 Å². The molecule has 1 heterocycles. The van der Waals surface area contributed by atoms with Crippen molar-refractivity contribution in [3.63, 3.8) is 0 Å². The van der Waals surface area contributed by atoms with Gasteiger partial charge in [-0.25, -0.2) is 0 Å². The van der Waals surface area contributed by atoms with E-state index in [1.165, 1.54) is 5.56 Å². The first-order valence-corrected chi connectivity index (χ1v) is 10.1. The van der Waals surface area contributed by atoms with E-state index < -0.39 is 0 Å². The zero-order valence-electron chi connectivity index (χ0n) is 16.4. The molecule has 1 aliphatic heterocycles. The molecule has 0 bridgehead atoms. The van der Waals surface area contributed by atoms with E-state index >= 15 is 0 Å². The zero-order valence-corrected chi connectivity index (χ0v) is 17.3. The van der Waals surface area contributed by atoms with E-state index in [4.69, 9.17) is 0 Å². The number of carbonyl (C=O) groups excluding carboxylic acids is 2. The van der Waals surface area contributed by atoms with Crippen LogP contribution in [0.5, 0.6) is 0 Å². The first-order valence-electron chi connectivity index (χ1n) is 10.1. The maximum atomic E-state index is 12.5. The molecule has 154 valence electrons. The van der Waals surface area contributed by atoms with Crippen molar-refractivity contribution in [2.24, 2.45) is 11.3 Å². The van der Waals surface area contributed by atoms with Crippen LogP contribution in [0, 0.1) is 11.3 Å². The lowest BCUT2D eigenvalue weighted by Gasteiger charge is -2.23. The van der Waals surface area contributed by atoms with Crippen LogP contribution in [0.3, 0.4) is 0 Å². The third-order valence-electron chi connectivity index (χ3n) is 6.06. The summed E-state index contributed by atoms with van der Waals surface area (Å²) in [4.78, 5) is 24.8. The Bertz CT molecular complexity index is 833. The summed E-state index contributed by atoms with van der Waals surface area (Å²) in [7, 11) is 0. The summed E-state index contributed by atoms with van der Waals surface area (Å²) >= 11 is 0. The molecule has 4 rings (SSSR count). The van der Waals surface area contributed by atoms with Crippen LogP contribution >= 0.6 is 12.4 Å². The molecule has 2 fully saturated rings. The van der Waals surface area contributed by atoms with Crippen LogP contribution in [0.4, 0.5) is 5.69 Å². The predicted molar refractivity (Wildman–Crippen MR) is 117 cm³/mol. The number of hydrogen-bond acceptors (Lipinski definition) is 3. The van der Waals surface area contributed by atoms with Gasteiger partial charge in [0.1, 0.15) is 0 Å². The van der Waals surface area contributed by atoms with Gasteiger partial charge in [-0.3, -0.25) is 9.59 Å². The Morgan fingerprint density at radius 3 is 2.38 bits per heavy atom. The molecule has 1 saturated carbocycles. The highest BCUT2D eigenvalue weighted by Gasteiger charge is 2.57. The van der Waals surface area contributed by atoms with Crippen molar-refractivity contribution >= 4 is 29.9 Å². The van der Waals surface area contributed by atoms with Crippen molar-refractivity contribution in [1.29, 1.82) is 0 Å². The Kier molecular flexibility index (Phi) is 6.93. The maximum Gasteiger partial charge on any atom is 0.251 e. The Balaban J connectivity index is 0.00000240. The van der Waals surface area contributed by atoms with Gasteiger partial charge >= 0.3 is 0 Å². The minimum absolute atomic E-state index is 0. The Hall–Kier alpha value is -2.37. The second-order valence-electron chi connectivity index (χ2n) is 7.93. The van der Waals surface area contributed by atoms with Gasteiger partial charge in [0.25, 0.3) is 5.91 Å². The predicted octanol–water partition coefficient (Wildman–Crippen LogP) is 3.41. The molecule has 2 amide bonds. The molecule has 3 N–H and O–H groups in total. The quantitative estimate of drug-likeness (QED) is 0.679. The summed E-state index contributed by atoms with van der Waals surface area (Å²) in [6.07, 6.45) is 3.99. The van der Waals surface area contributed by atoms with E-state index in [9.17, 15) is 9.59 Å². The van der Waals surface area contributed by atoms with Crippen molar-refractivity contribution < 1.29 is 9.59 Å². The van der Waals surface area contributed by atoms with Crippen molar-refractivity contribution in [2.45, 2.75) is 25.7 Å². The normalized spacial score (nSPS) is 19.1. The summed E-state index contributed by atoms with van der Waals surface area (Å²) in [6.45, 7) is 2.62. The molecule has 0 radical (unpaired) electrons. The molecule has 1 atom stereocenters. The molecular weight excluding hydrogens is 386 g/mol. The number of halogens is 1. The van der Waals surface area contributed by atoms with Crippen molar-refractivity contribution in [3.8, 4) is 0 Å². The van der Waals surface area contributed by atoms with Crippen LogP contribution < -0.4 is 16.0 Å². The number of hydrogen-bond donors (Lipinski definition) is 3. The zero-order chi connectivity index (χ0) is 19.4. The van der Waals surface area contributed by atoms with Gasteiger partial charge in [-0.05, 0) is 74.0 Å². The van der Waals surface area contributed by atoms with Crippen LogP contribution in [0.1, 0.15) is 35.2 Å². The highest BCUT2D eigenvalue weighted by molar-refractivity contribution is 5.97. The van der Waals surface area contributed by atoms with E-state index in [1.54, 1.807) is 12.1 Å². The van der Waals surface area contributed by atoms with Crippen molar-refractivity contribution in [3.05, 3.63) is 65.7 Å². The Labute approximate surface area is 178 Å². The van der Waals surface area contributed by atoms with Gasteiger partial charge in [-0.1, -0.05) is 30.3 Å². The molecule has 2 aromatic carbocycles. The van der Waals surface area contributed by atoms with E-state index in [2.05, 4.69) is 28.1 Å². The van der Waals surface area contributed by atoms with Crippen LogP contribution in [0.15, 0.2) is 54.6 Å². The molecule has 6 heteroatoms.